The summed E-state index contributed by atoms with van der Waals surface area (Å²) in [4.78, 5) is 40.4. The van der Waals surface area contributed by atoms with Crippen LogP contribution in [0.4, 0.5) is 0 Å². The number of aromatic nitrogens is 3. The van der Waals surface area contributed by atoms with Gasteiger partial charge in [0.15, 0.2) is 0 Å². The van der Waals surface area contributed by atoms with Crippen molar-refractivity contribution in [1.29, 1.82) is 0 Å². The van der Waals surface area contributed by atoms with E-state index in [9.17, 15) is 14.4 Å². The molecule has 22 heavy (non-hydrogen) atoms. The Morgan fingerprint density at radius 2 is 1.91 bits per heavy atom. The molecular formula is C15H20N4O3. The molecule has 2 heterocycles. The molecule has 7 nitrogen and oxygen atoms in total. The minimum atomic E-state index is -0.463. The second kappa shape index (κ2) is 5.40. The van der Waals surface area contributed by atoms with Crippen LogP contribution in [0.5, 0.6) is 0 Å². The maximum atomic E-state index is 12.3. The molecule has 118 valence electrons. The van der Waals surface area contributed by atoms with Gasteiger partial charge in [0.05, 0.1) is 10.9 Å². The number of aryl methyl sites for hydroxylation is 1. The van der Waals surface area contributed by atoms with E-state index >= 15 is 0 Å². The predicted octanol–water partition coefficient (Wildman–Crippen LogP) is 0.551. The molecule has 2 aromatic rings. The Morgan fingerprint density at radius 3 is 2.50 bits per heavy atom. The van der Waals surface area contributed by atoms with Crippen molar-refractivity contribution in [3.05, 3.63) is 38.7 Å². The average molecular weight is 304 g/mol. The van der Waals surface area contributed by atoms with Crippen LogP contribution in [0.3, 0.4) is 0 Å². The highest BCUT2D eigenvalue weighted by Gasteiger charge is 2.20. The number of amides is 1. The lowest BCUT2D eigenvalue weighted by Crippen LogP contribution is -2.43. The van der Waals surface area contributed by atoms with Crippen molar-refractivity contribution in [1.82, 2.24) is 19.4 Å². The molecule has 0 radical (unpaired) electrons. The summed E-state index contributed by atoms with van der Waals surface area (Å²) in [7, 11) is 2.94. The monoisotopic (exact) mass is 304 g/mol. The third kappa shape index (κ3) is 2.66. The summed E-state index contributed by atoms with van der Waals surface area (Å²) in [6.45, 7) is 5.81. The maximum absolute atomic E-state index is 12.3. The second-order valence-electron chi connectivity index (χ2n) is 5.99. The Labute approximate surface area is 127 Å². The van der Waals surface area contributed by atoms with Crippen molar-refractivity contribution in [3.63, 3.8) is 0 Å². The summed E-state index contributed by atoms with van der Waals surface area (Å²) >= 11 is 0. The highest BCUT2D eigenvalue weighted by atomic mass is 16.2. The van der Waals surface area contributed by atoms with Crippen LogP contribution in [0.1, 0.15) is 37.6 Å². The lowest BCUT2D eigenvalue weighted by Gasteiger charge is -2.24. The number of carbonyl (C=O) groups excluding carboxylic acids is 1. The third-order valence-electron chi connectivity index (χ3n) is 3.89. The van der Waals surface area contributed by atoms with Gasteiger partial charge in [0.1, 0.15) is 5.65 Å². The number of nitrogens with one attached hydrogen (secondary N) is 1. The maximum Gasteiger partial charge on any atom is 0.332 e. The molecule has 2 rings (SSSR count). The molecule has 0 spiro atoms. The highest BCUT2D eigenvalue weighted by Crippen LogP contribution is 2.11. The molecule has 0 fully saturated rings. The standard InChI is InChI=1S/C15H20N4O3/c1-6-15(2,3)17-12(20)9-7-10-11(16-8-9)18(4)14(22)19(5)13(10)21/h7-8H,6H2,1-5H3,(H,17,20). The van der Waals surface area contributed by atoms with Crippen LogP contribution in [-0.4, -0.2) is 25.6 Å². The fourth-order valence-corrected chi connectivity index (χ4v) is 2.06. The Morgan fingerprint density at radius 1 is 1.27 bits per heavy atom. The summed E-state index contributed by atoms with van der Waals surface area (Å²) in [5.41, 5.74) is -0.700. The van der Waals surface area contributed by atoms with Crippen LogP contribution in [-0.2, 0) is 14.1 Å². The Hall–Kier alpha value is -2.44. The molecule has 7 heteroatoms. The van der Waals surface area contributed by atoms with Crippen molar-refractivity contribution < 1.29 is 4.79 Å². The van der Waals surface area contributed by atoms with Gasteiger partial charge in [0.25, 0.3) is 11.5 Å². The fraction of sp³-hybridized carbons (Fsp3) is 0.467. The molecule has 0 saturated carbocycles. The largest absolute Gasteiger partial charge is 0.347 e. The Kier molecular flexibility index (Phi) is 3.91. The normalized spacial score (nSPS) is 11.7. The van der Waals surface area contributed by atoms with E-state index < -0.39 is 11.2 Å². The van der Waals surface area contributed by atoms with Gasteiger partial charge in [-0.1, -0.05) is 6.92 Å². The van der Waals surface area contributed by atoms with Gasteiger partial charge in [0.2, 0.25) is 0 Å². The SMILES string of the molecule is CCC(C)(C)NC(=O)c1cnc2c(c1)c(=O)n(C)c(=O)n2C. The van der Waals surface area contributed by atoms with E-state index in [4.69, 9.17) is 0 Å². The number of fused-ring (bicyclic) bond motifs is 1. The van der Waals surface area contributed by atoms with Gasteiger partial charge in [-0.3, -0.25) is 18.7 Å². The summed E-state index contributed by atoms with van der Waals surface area (Å²) < 4.78 is 2.29. The highest BCUT2D eigenvalue weighted by molar-refractivity contribution is 5.97. The number of rotatable bonds is 3. The van der Waals surface area contributed by atoms with Gasteiger partial charge >= 0.3 is 5.69 Å². The van der Waals surface area contributed by atoms with Gasteiger partial charge in [-0.25, -0.2) is 9.78 Å². The van der Waals surface area contributed by atoms with Gasteiger partial charge in [-0.05, 0) is 26.3 Å². The molecule has 0 bridgehead atoms. The molecular weight excluding hydrogens is 284 g/mol. The van der Waals surface area contributed by atoms with Crippen molar-refractivity contribution >= 4 is 16.9 Å². The molecule has 0 unspecified atom stereocenters. The summed E-state index contributed by atoms with van der Waals surface area (Å²) in [5.74, 6) is -0.294. The van der Waals surface area contributed by atoms with E-state index in [0.717, 1.165) is 11.0 Å². The summed E-state index contributed by atoms with van der Waals surface area (Å²) in [6, 6.07) is 1.48. The van der Waals surface area contributed by atoms with E-state index in [0.29, 0.717) is 5.56 Å². The smallest absolute Gasteiger partial charge is 0.332 e. The second-order valence-corrected chi connectivity index (χ2v) is 5.99. The fourth-order valence-electron chi connectivity index (χ4n) is 2.06. The van der Waals surface area contributed by atoms with Gasteiger partial charge < -0.3 is 5.32 Å². The van der Waals surface area contributed by atoms with E-state index in [2.05, 4.69) is 10.3 Å². The van der Waals surface area contributed by atoms with E-state index in [1.165, 1.54) is 30.9 Å². The first-order chi connectivity index (χ1) is 10.2. The average Bonchev–Trinajstić information content (AvgIpc) is 2.49. The van der Waals surface area contributed by atoms with Gasteiger partial charge in [0, 0.05) is 25.8 Å². The van der Waals surface area contributed by atoms with Crippen molar-refractivity contribution in [3.8, 4) is 0 Å². The van der Waals surface area contributed by atoms with Gasteiger partial charge in [-0.15, -0.1) is 0 Å². The number of carbonyl (C=O) groups is 1. The molecule has 0 aliphatic heterocycles. The first-order valence-electron chi connectivity index (χ1n) is 7.06. The number of hydrogen-bond donors (Lipinski definition) is 1. The Bertz CT molecular complexity index is 861. The molecule has 0 aliphatic rings. The molecule has 0 aromatic carbocycles. The van der Waals surface area contributed by atoms with Crippen molar-refractivity contribution in [2.75, 3.05) is 0 Å². The van der Waals surface area contributed by atoms with Crippen molar-refractivity contribution in [2.24, 2.45) is 14.1 Å². The predicted molar refractivity (Wildman–Crippen MR) is 84.1 cm³/mol. The first kappa shape index (κ1) is 15.9. The summed E-state index contributed by atoms with van der Waals surface area (Å²) in [6.07, 6.45) is 2.15. The number of nitrogens with zero attached hydrogens (tertiary/aromatic N) is 3. The van der Waals surface area contributed by atoms with Crippen LogP contribution >= 0.6 is 0 Å². The molecule has 0 aliphatic carbocycles. The van der Waals surface area contributed by atoms with Gasteiger partial charge in [-0.2, -0.15) is 0 Å². The number of hydrogen-bond acceptors (Lipinski definition) is 4. The lowest BCUT2D eigenvalue weighted by molar-refractivity contribution is 0.0911. The zero-order chi connectivity index (χ0) is 16.7. The molecule has 0 atom stereocenters. The summed E-state index contributed by atoms with van der Waals surface area (Å²) in [5, 5.41) is 3.13. The minimum absolute atomic E-state index is 0.242. The molecule has 1 amide bonds. The first-order valence-corrected chi connectivity index (χ1v) is 7.06. The lowest BCUT2D eigenvalue weighted by atomic mass is 10.0. The molecule has 1 N–H and O–H groups in total. The molecule has 0 saturated heterocycles. The van der Waals surface area contributed by atoms with Crippen LogP contribution < -0.4 is 16.6 Å². The van der Waals surface area contributed by atoms with Crippen LogP contribution in [0.25, 0.3) is 11.0 Å². The Balaban J connectivity index is 2.59. The van der Waals surface area contributed by atoms with E-state index in [-0.39, 0.29) is 22.5 Å². The van der Waals surface area contributed by atoms with E-state index in [1.54, 1.807) is 0 Å². The van der Waals surface area contributed by atoms with E-state index in [1.807, 2.05) is 20.8 Å². The van der Waals surface area contributed by atoms with Crippen molar-refractivity contribution in [2.45, 2.75) is 32.7 Å². The van der Waals surface area contributed by atoms with Crippen LogP contribution in [0, 0.1) is 0 Å². The minimum Gasteiger partial charge on any atom is -0.347 e. The topological polar surface area (TPSA) is 86.0 Å². The quantitative estimate of drug-likeness (QED) is 0.897. The number of pyridine rings is 1. The third-order valence-corrected chi connectivity index (χ3v) is 3.89. The van der Waals surface area contributed by atoms with Crippen LogP contribution in [0.2, 0.25) is 0 Å². The molecule has 2 aromatic heterocycles. The zero-order valence-electron chi connectivity index (χ0n) is 13.4. The zero-order valence-corrected chi connectivity index (χ0v) is 13.4. The van der Waals surface area contributed by atoms with Crippen LogP contribution in [0.15, 0.2) is 21.9 Å².